The molecule has 0 saturated carbocycles. The minimum absolute atomic E-state index is 0.270. The summed E-state index contributed by atoms with van der Waals surface area (Å²) in [6, 6.07) is 9.20. The monoisotopic (exact) mass is 343 g/mol. The van der Waals surface area contributed by atoms with Crippen molar-refractivity contribution in [3.05, 3.63) is 51.8 Å². The number of carbonyl (C=O) groups excluding carboxylic acids is 1. The molecule has 0 atom stereocenters. The highest BCUT2D eigenvalue weighted by atomic mass is 32.1. The van der Waals surface area contributed by atoms with Crippen molar-refractivity contribution in [2.24, 2.45) is 4.99 Å². The van der Waals surface area contributed by atoms with E-state index in [2.05, 4.69) is 4.99 Å². The Morgan fingerprint density at radius 3 is 2.67 bits per heavy atom. The van der Waals surface area contributed by atoms with E-state index in [1.165, 1.54) is 11.3 Å². The van der Waals surface area contributed by atoms with Gasteiger partial charge in [-0.1, -0.05) is 6.07 Å². The van der Waals surface area contributed by atoms with Crippen molar-refractivity contribution < 1.29 is 19.0 Å². The van der Waals surface area contributed by atoms with Crippen LogP contribution in [0.4, 0.5) is 0 Å². The fourth-order valence-electron chi connectivity index (χ4n) is 2.22. The molecule has 0 amide bonds. The Hall–Kier alpha value is -2.60. The number of hydrogen-bond donors (Lipinski definition) is 0. The molecule has 0 N–H and O–H groups in total. The number of rotatable bonds is 6. The van der Waals surface area contributed by atoms with Crippen LogP contribution in [0.5, 0.6) is 11.5 Å². The molecule has 2 heterocycles. The highest BCUT2D eigenvalue weighted by Gasteiger charge is 2.25. The van der Waals surface area contributed by atoms with Crippen LogP contribution in [0.25, 0.3) is 6.08 Å². The second-order valence-corrected chi connectivity index (χ2v) is 5.86. The zero-order valence-electron chi connectivity index (χ0n) is 13.4. The van der Waals surface area contributed by atoms with Crippen molar-refractivity contribution in [2.45, 2.75) is 13.8 Å². The number of aliphatic imine (C=N–C) groups is 1. The largest absolute Gasteiger partial charge is 0.490 e. The Morgan fingerprint density at radius 1 is 1.17 bits per heavy atom. The van der Waals surface area contributed by atoms with E-state index in [-0.39, 0.29) is 5.90 Å². The molecule has 5 nitrogen and oxygen atoms in total. The van der Waals surface area contributed by atoms with Gasteiger partial charge in [-0.05, 0) is 49.6 Å². The van der Waals surface area contributed by atoms with Crippen LogP contribution in [0.3, 0.4) is 0 Å². The van der Waals surface area contributed by atoms with Crippen LogP contribution >= 0.6 is 11.3 Å². The van der Waals surface area contributed by atoms with Gasteiger partial charge in [0.1, 0.15) is 0 Å². The standard InChI is InChI=1S/C18H17NO4S/c1-3-21-15-8-7-12(10-16(15)22-4-2)17-19-14(18(20)23-17)11-13-6-5-9-24-13/h5-11H,3-4H2,1-2H3/b14-11-. The number of cyclic esters (lactones) is 1. The van der Waals surface area contributed by atoms with Gasteiger partial charge in [-0.2, -0.15) is 0 Å². The average Bonchev–Trinajstić information content (AvgIpc) is 3.20. The van der Waals surface area contributed by atoms with Crippen molar-refractivity contribution in [1.29, 1.82) is 0 Å². The maximum atomic E-state index is 12.0. The van der Waals surface area contributed by atoms with Crippen LogP contribution in [0.2, 0.25) is 0 Å². The van der Waals surface area contributed by atoms with Gasteiger partial charge in [-0.15, -0.1) is 11.3 Å². The molecule has 6 heteroatoms. The first-order valence-electron chi connectivity index (χ1n) is 7.67. The summed E-state index contributed by atoms with van der Waals surface area (Å²) in [5, 5.41) is 1.94. The van der Waals surface area contributed by atoms with Crippen LogP contribution in [0.15, 0.2) is 46.4 Å². The number of hydrogen-bond acceptors (Lipinski definition) is 6. The number of esters is 1. The molecule has 1 aromatic heterocycles. The molecule has 0 unspecified atom stereocenters. The molecule has 1 aromatic carbocycles. The Labute approximate surface area is 144 Å². The van der Waals surface area contributed by atoms with E-state index in [1.807, 2.05) is 31.4 Å². The Morgan fingerprint density at radius 2 is 1.96 bits per heavy atom. The van der Waals surface area contributed by atoms with E-state index >= 15 is 0 Å². The van der Waals surface area contributed by atoms with E-state index in [9.17, 15) is 4.79 Å². The van der Waals surface area contributed by atoms with E-state index in [1.54, 1.807) is 24.3 Å². The fourth-order valence-corrected chi connectivity index (χ4v) is 2.88. The third kappa shape index (κ3) is 3.49. The summed E-state index contributed by atoms with van der Waals surface area (Å²) in [5.41, 5.74) is 0.962. The predicted molar refractivity (Wildman–Crippen MR) is 93.7 cm³/mol. The van der Waals surface area contributed by atoms with Gasteiger partial charge in [0.2, 0.25) is 5.90 Å². The van der Waals surface area contributed by atoms with Gasteiger partial charge >= 0.3 is 5.97 Å². The van der Waals surface area contributed by atoms with Crippen molar-refractivity contribution in [2.75, 3.05) is 13.2 Å². The molecule has 0 fully saturated rings. The smallest absolute Gasteiger partial charge is 0.363 e. The second-order valence-electron chi connectivity index (χ2n) is 4.88. The molecule has 0 spiro atoms. The van der Waals surface area contributed by atoms with Crippen LogP contribution < -0.4 is 9.47 Å². The lowest BCUT2D eigenvalue weighted by atomic mass is 10.2. The first-order valence-corrected chi connectivity index (χ1v) is 8.55. The summed E-state index contributed by atoms with van der Waals surface area (Å²) >= 11 is 1.54. The molecule has 0 aliphatic carbocycles. The maximum Gasteiger partial charge on any atom is 0.363 e. The summed E-state index contributed by atoms with van der Waals surface area (Å²) < 4.78 is 16.4. The maximum absolute atomic E-state index is 12.0. The molecule has 1 aliphatic rings. The van der Waals surface area contributed by atoms with Crippen LogP contribution in [-0.4, -0.2) is 25.1 Å². The summed E-state index contributed by atoms with van der Waals surface area (Å²) in [6.45, 7) is 4.87. The molecular formula is C18H17NO4S. The van der Waals surface area contributed by atoms with Gasteiger partial charge in [-0.3, -0.25) is 0 Å². The number of ether oxygens (including phenoxy) is 3. The number of carbonyl (C=O) groups is 1. The molecule has 124 valence electrons. The molecule has 2 aromatic rings. The van der Waals surface area contributed by atoms with E-state index < -0.39 is 5.97 Å². The quantitative estimate of drug-likeness (QED) is 0.590. The average molecular weight is 343 g/mol. The number of thiophene rings is 1. The van der Waals surface area contributed by atoms with Crippen LogP contribution in [0, 0.1) is 0 Å². The van der Waals surface area contributed by atoms with Gasteiger partial charge < -0.3 is 14.2 Å². The van der Waals surface area contributed by atoms with Gasteiger partial charge in [0, 0.05) is 10.4 Å². The highest BCUT2D eigenvalue weighted by Crippen LogP contribution is 2.30. The molecular weight excluding hydrogens is 326 g/mol. The second kappa shape index (κ2) is 7.31. The normalized spacial score (nSPS) is 15.3. The third-order valence-electron chi connectivity index (χ3n) is 3.23. The Bertz CT molecular complexity index is 793. The zero-order chi connectivity index (χ0) is 16.9. The van der Waals surface area contributed by atoms with Gasteiger partial charge in [0.15, 0.2) is 17.2 Å². The SMILES string of the molecule is CCOc1ccc(C2=N/C(=C\c3cccs3)C(=O)O2)cc1OCC. The number of benzene rings is 1. The van der Waals surface area contributed by atoms with Crippen molar-refractivity contribution >= 4 is 29.3 Å². The minimum Gasteiger partial charge on any atom is -0.490 e. The summed E-state index contributed by atoms with van der Waals surface area (Å²) in [5.74, 6) is 1.07. The summed E-state index contributed by atoms with van der Waals surface area (Å²) in [6.07, 6.45) is 1.72. The first kappa shape index (κ1) is 16.3. The molecule has 1 aliphatic heterocycles. The fraction of sp³-hybridized carbons (Fsp3) is 0.222. The Balaban J connectivity index is 1.91. The lowest BCUT2D eigenvalue weighted by Gasteiger charge is -2.11. The van der Waals surface area contributed by atoms with Crippen LogP contribution in [0.1, 0.15) is 24.3 Å². The van der Waals surface area contributed by atoms with E-state index in [0.717, 1.165) is 4.88 Å². The zero-order valence-corrected chi connectivity index (χ0v) is 14.3. The van der Waals surface area contributed by atoms with Gasteiger partial charge in [-0.25, -0.2) is 9.79 Å². The van der Waals surface area contributed by atoms with Crippen molar-refractivity contribution in [1.82, 2.24) is 0 Å². The van der Waals surface area contributed by atoms with Crippen molar-refractivity contribution in [3.8, 4) is 11.5 Å². The van der Waals surface area contributed by atoms with E-state index in [4.69, 9.17) is 14.2 Å². The van der Waals surface area contributed by atoms with Gasteiger partial charge in [0.25, 0.3) is 0 Å². The molecule has 0 radical (unpaired) electrons. The van der Waals surface area contributed by atoms with E-state index in [0.29, 0.717) is 36.0 Å². The molecule has 24 heavy (non-hydrogen) atoms. The number of nitrogens with zero attached hydrogens (tertiary/aromatic N) is 1. The topological polar surface area (TPSA) is 57.1 Å². The third-order valence-corrected chi connectivity index (χ3v) is 4.05. The molecule has 0 bridgehead atoms. The van der Waals surface area contributed by atoms with Gasteiger partial charge in [0.05, 0.1) is 13.2 Å². The lowest BCUT2D eigenvalue weighted by Crippen LogP contribution is -2.06. The van der Waals surface area contributed by atoms with Crippen molar-refractivity contribution in [3.63, 3.8) is 0 Å². The molecule has 3 rings (SSSR count). The van der Waals surface area contributed by atoms with Crippen LogP contribution in [-0.2, 0) is 9.53 Å². The highest BCUT2D eigenvalue weighted by molar-refractivity contribution is 7.10. The Kier molecular flexibility index (Phi) is 4.96. The molecule has 0 saturated heterocycles. The summed E-state index contributed by atoms with van der Waals surface area (Å²) in [7, 11) is 0. The first-order chi connectivity index (χ1) is 11.7. The lowest BCUT2D eigenvalue weighted by molar-refractivity contribution is -0.129. The summed E-state index contributed by atoms with van der Waals surface area (Å²) in [4.78, 5) is 17.3. The minimum atomic E-state index is -0.453. The predicted octanol–water partition coefficient (Wildman–Crippen LogP) is 3.89.